The Morgan fingerprint density at radius 1 is 1.40 bits per heavy atom. The van der Waals surface area contributed by atoms with Gasteiger partial charge in [0.05, 0.1) is 13.2 Å². The van der Waals surface area contributed by atoms with Gasteiger partial charge in [-0.3, -0.25) is 0 Å². The normalized spacial score (nSPS) is 14.9. The Bertz CT molecular complexity index is 379. The van der Waals surface area contributed by atoms with Gasteiger partial charge in [0.2, 0.25) is 0 Å². The van der Waals surface area contributed by atoms with E-state index in [2.05, 4.69) is 0 Å². The van der Waals surface area contributed by atoms with Gasteiger partial charge >= 0.3 is 0 Å². The monoisotopic (exact) mass is 227 g/mol. The number of hydrogen-bond acceptors (Lipinski definition) is 3. The molecule has 0 atom stereocenters. The molecule has 0 aromatic heterocycles. The second-order valence-corrected chi connectivity index (χ2v) is 3.95. The van der Waals surface area contributed by atoms with Crippen molar-refractivity contribution in [2.45, 2.75) is 19.9 Å². The summed E-state index contributed by atoms with van der Waals surface area (Å²) in [6, 6.07) is 1.79. The molecule has 0 bridgehead atoms. The molecule has 0 saturated heterocycles. The van der Waals surface area contributed by atoms with Gasteiger partial charge in [-0.05, 0) is 12.5 Å². The molecule has 2 rings (SSSR count). The molecule has 1 aliphatic rings. The van der Waals surface area contributed by atoms with Crippen molar-refractivity contribution in [3.8, 4) is 11.5 Å². The first-order chi connectivity index (χ1) is 7.24. The third-order valence-corrected chi connectivity index (χ3v) is 2.90. The summed E-state index contributed by atoms with van der Waals surface area (Å²) in [5.41, 5.74) is 7.56. The molecule has 3 nitrogen and oxygen atoms in total. The molecule has 0 fully saturated rings. The first-order valence-electron chi connectivity index (χ1n) is 5.01. The lowest BCUT2D eigenvalue weighted by Crippen LogP contribution is -2.03. The van der Waals surface area contributed by atoms with Crippen LogP contribution in [0.3, 0.4) is 0 Å². The van der Waals surface area contributed by atoms with Gasteiger partial charge in [0.15, 0.2) is 11.5 Å². The zero-order chi connectivity index (χ0) is 10.8. The van der Waals surface area contributed by atoms with E-state index >= 15 is 0 Å². The Balaban J connectivity index is 2.53. The maximum absolute atomic E-state index is 6.10. The molecule has 1 aromatic carbocycles. The van der Waals surface area contributed by atoms with Gasteiger partial charge in [-0.2, -0.15) is 0 Å². The van der Waals surface area contributed by atoms with E-state index in [4.69, 9.17) is 26.8 Å². The van der Waals surface area contributed by atoms with E-state index in [-0.39, 0.29) is 0 Å². The topological polar surface area (TPSA) is 44.5 Å². The minimum atomic E-state index is 0.418. The van der Waals surface area contributed by atoms with Crippen LogP contribution in [0.5, 0.6) is 11.5 Å². The summed E-state index contributed by atoms with van der Waals surface area (Å²) in [5, 5.41) is 0.652. The minimum absolute atomic E-state index is 0.418. The molecule has 0 spiro atoms. The molecule has 1 heterocycles. The molecule has 0 unspecified atom stereocenters. The Hall–Kier alpha value is -0.930. The number of hydrogen-bond donors (Lipinski definition) is 1. The van der Waals surface area contributed by atoms with Gasteiger partial charge in [-0.1, -0.05) is 11.6 Å². The summed E-state index contributed by atoms with van der Waals surface area (Å²) in [5.74, 6) is 1.52. The van der Waals surface area contributed by atoms with Gasteiger partial charge in [0, 0.05) is 29.6 Å². The van der Waals surface area contributed by atoms with Crippen LogP contribution < -0.4 is 15.2 Å². The predicted molar refractivity (Wildman–Crippen MR) is 59.7 cm³/mol. The average molecular weight is 228 g/mol. The van der Waals surface area contributed by atoms with Crippen molar-refractivity contribution < 1.29 is 9.47 Å². The van der Waals surface area contributed by atoms with Gasteiger partial charge in [-0.15, -0.1) is 0 Å². The third-order valence-electron chi connectivity index (χ3n) is 2.56. The third kappa shape index (κ3) is 1.90. The Labute approximate surface area is 94.1 Å². The van der Waals surface area contributed by atoms with Crippen LogP contribution in [0.4, 0.5) is 0 Å². The van der Waals surface area contributed by atoms with E-state index < -0.39 is 0 Å². The molecule has 0 radical (unpaired) electrons. The van der Waals surface area contributed by atoms with Crippen LogP contribution in [0.25, 0.3) is 0 Å². The maximum Gasteiger partial charge on any atom is 0.164 e. The minimum Gasteiger partial charge on any atom is -0.489 e. The average Bonchev–Trinajstić information content (AvgIpc) is 2.43. The molecule has 4 heteroatoms. The number of nitrogens with two attached hydrogens (primary N) is 1. The van der Waals surface area contributed by atoms with Crippen LogP contribution in [0.15, 0.2) is 6.07 Å². The lowest BCUT2D eigenvalue weighted by Gasteiger charge is -2.14. The molecular formula is C11H14ClNO2. The Morgan fingerprint density at radius 2 is 2.13 bits per heavy atom. The van der Waals surface area contributed by atoms with Crippen molar-refractivity contribution in [3.05, 3.63) is 22.2 Å². The highest BCUT2D eigenvalue weighted by Crippen LogP contribution is 2.38. The first-order valence-corrected chi connectivity index (χ1v) is 5.39. The molecule has 15 heavy (non-hydrogen) atoms. The predicted octanol–water partition coefficient (Wildman–Crippen LogP) is 2.27. The first kappa shape index (κ1) is 10.6. The van der Waals surface area contributed by atoms with Crippen molar-refractivity contribution in [2.75, 3.05) is 13.2 Å². The zero-order valence-electron chi connectivity index (χ0n) is 8.68. The van der Waals surface area contributed by atoms with Gasteiger partial charge in [0.1, 0.15) is 0 Å². The van der Waals surface area contributed by atoms with E-state index in [0.29, 0.717) is 24.8 Å². The van der Waals surface area contributed by atoms with Crippen LogP contribution in [0, 0.1) is 6.92 Å². The summed E-state index contributed by atoms with van der Waals surface area (Å²) < 4.78 is 11.2. The van der Waals surface area contributed by atoms with Gasteiger partial charge in [-0.25, -0.2) is 0 Å². The van der Waals surface area contributed by atoms with Crippen molar-refractivity contribution >= 4 is 11.6 Å². The van der Waals surface area contributed by atoms with Crippen LogP contribution >= 0.6 is 11.6 Å². The largest absolute Gasteiger partial charge is 0.489 e. The summed E-state index contributed by atoms with van der Waals surface area (Å²) in [4.78, 5) is 0. The SMILES string of the molecule is Cc1c(CN)c(Cl)cc2c1OCCCO2. The van der Waals surface area contributed by atoms with Crippen molar-refractivity contribution in [1.82, 2.24) is 0 Å². The molecule has 1 aliphatic heterocycles. The van der Waals surface area contributed by atoms with E-state index in [1.165, 1.54) is 0 Å². The quantitative estimate of drug-likeness (QED) is 0.801. The summed E-state index contributed by atoms with van der Waals surface area (Å²) in [6.45, 7) is 3.73. The lowest BCUT2D eigenvalue weighted by atomic mass is 10.1. The number of ether oxygens (including phenoxy) is 2. The molecule has 0 aliphatic carbocycles. The van der Waals surface area contributed by atoms with E-state index in [0.717, 1.165) is 29.0 Å². The van der Waals surface area contributed by atoms with Crippen molar-refractivity contribution in [3.63, 3.8) is 0 Å². The fourth-order valence-electron chi connectivity index (χ4n) is 1.72. The smallest absolute Gasteiger partial charge is 0.164 e. The van der Waals surface area contributed by atoms with E-state index in [1.807, 2.05) is 6.92 Å². The van der Waals surface area contributed by atoms with Crippen molar-refractivity contribution in [2.24, 2.45) is 5.73 Å². The molecule has 1 aromatic rings. The van der Waals surface area contributed by atoms with E-state index in [1.54, 1.807) is 6.07 Å². The van der Waals surface area contributed by atoms with Gasteiger partial charge < -0.3 is 15.2 Å². The fourth-order valence-corrected chi connectivity index (χ4v) is 2.04. The van der Waals surface area contributed by atoms with E-state index in [9.17, 15) is 0 Å². The molecule has 0 saturated carbocycles. The van der Waals surface area contributed by atoms with Crippen molar-refractivity contribution in [1.29, 1.82) is 0 Å². The molecule has 2 N–H and O–H groups in total. The van der Waals surface area contributed by atoms with Crippen LogP contribution in [0.1, 0.15) is 17.5 Å². The number of rotatable bonds is 1. The zero-order valence-corrected chi connectivity index (χ0v) is 9.43. The molecule has 0 amide bonds. The lowest BCUT2D eigenvalue weighted by molar-refractivity contribution is 0.296. The molecule has 82 valence electrons. The second-order valence-electron chi connectivity index (χ2n) is 3.54. The standard InChI is InChI=1S/C11H14ClNO2/c1-7-8(6-13)9(12)5-10-11(7)15-4-2-3-14-10/h5H,2-4,6,13H2,1H3. The number of halogens is 1. The van der Waals surface area contributed by atoms with Crippen LogP contribution in [-0.4, -0.2) is 13.2 Å². The number of fused-ring (bicyclic) bond motifs is 1. The Morgan fingerprint density at radius 3 is 2.87 bits per heavy atom. The Kier molecular flexibility index (Phi) is 3.03. The highest BCUT2D eigenvalue weighted by atomic mass is 35.5. The fraction of sp³-hybridized carbons (Fsp3) is 0.455. The summed E-state index contributed by atoms with van der Waals surface area (Å²) in [6.07, 6.45) is 0.893. The van der Waals surface area contributed by atoms with Crippen LogP contribution in [0.2, 0.25) is 5.02 Å². The summed E-state index contributed by atoms with van der Waals surface area (Å²) >= 11 is 6.10. The highest BCUT2D eigenvalue weighted by molar-refractivity contribution is 6.31. The number of benzene rings is 1. The maximum atomic E-state index is 6.10. The summed E-state index contributed by atoms with van der Waals surface area (Å²) in [7, 11) is 0. The van der Waals surface area contributed by atoms with Gasteiger partial charge in [0.25, 0.3) is 0 Å². The second kappa shape index (κ2) is 4.29. The molecular weight excluding hydrogens is 214 g/mol. The van der Waals surface area contributed by atoms with Crippen LogP contribution in [-0.2, 0) is 6.54 Å². The highest BCUT2D eigenvalue weighted by Gasteiger charge is 2.17.